The molecule has 0 saturated heterocycles. The summed E-state index contributed by atoms with van der Waals surface area (Å²) in [7, 11) is 0. The van der Waals surface area contributed by atoms with Crippen LogP contribution in [0.25, 0.3) is 21.9 Å². The zero-order chi connectivity index (χ0) is 14.1. The Morgan fingerprint density at radius 1 is 0.900 bits per heavy atom. The van der Waals surface area contributed by atoms with Gasteiger partial charge in [-0.3, -0.25) is 0 Å². The number of hydrogen-bond donors (Lipinski definition) is 1. The average Bonchev–Trinajstić information content (AvgIpc) is 2.46. The summed E-state index contributed by atoms with van der Waals surface area (Å²) < 4.78 is 13.7. The summed E-state index contributed by atoms with van der Waals surface area (Å²) in [6, 6.07) is 18.9. The SMILES string of the molecule is CC(N)c1ccc(F)cc1-c1cccc2ccccc12. The summed E-state index contributed by atoms with van der Waals surface area (Å²) >= 11 is 0. The molecule has 0 spiro atoms. The van der Waals surface area contributed by atoms with Crippen LogP contribution in [0.2, 0.25) is 0 Å². The molecular formula is C18H16FN. The van der Waals surface area contributed by atoms with E-state index in [1.54, 1.807) is 12.1 Å². The lowest BCUT2D eigenvalue weighted by Gasteiger charge is -2.15. The first-order valence-corrected chi connectivity index (χ1v) is 6.70. The second-order valence-electron chi connectivity index (χ2n) is 5.05. The molecule has 3 aromatic rings. The van der Waals surface area contributed by atoms with Gasteiger partial charge in [0.15, 0.2) is 0 Å². The number of rotatable bonds is 2. The highest BCUT2D eigenvalue weighted by Gasteiger charge is 2.12. The Morgan fingerprint density at radius 3 is 2.45 bits per heavy atom. The molecule has 0 saturated carbocycles. The van der Waals surface area contributed by atoms with Crippen LogP contribution in [0.1, 0.15) is 18.5 Å². The van der Waals surface area contributed by atoms with Gasteiger partial charge >= 0.3 is 0 Å². The monoisotopic (exact) mass is 265 g/mol. The Bertz CT molecular complexity index is 757. The number of hydrogen-bond acceptors (Lipinski definition) is 1. The molecule has 0 aromatic heterocycles. The van der Waals surface area contributed by atoms with Gasteiger partial charge in [-0.1, -0.05) is 48.5 Å². The van der Waals surface area contributed by atoms with Crippen molar-refractivity contribution in [2.24, 2.45) is 5.73 Å². The molecule has 100 valence electrons. The van der Waals surface area contributed by atoms with Gasteiger partial charge in [-0.25, -0.2) is 4.39 Å². The minimum atomic E-state index is -0.239. The predicted molar refractivity (Wildman–Crippen MR) is 81.9 cm³/mol. The maximum atomic E-state index is 13.7. The Hall–Kier alpha value is -2.19. The second-order valence-corrected chi connectivity index (χ2v) is 5.05. The topological polar surface area (TPSA) is 26.0 Å². The highest BCUT2D eigenvalue weighted by atomic mass is 19.1. The lowest BCUT2D eigenvalue weighted by molar-refractivity contribution is 0.626. The number of nitrogens with two attached hydrogens (primary N) is 1. The molecule has 1 atom stereocenters. The van der Waals surface area contributed by atoms with E-state index in [0.29, 0.717) is 0 Å². The minimum Gasteiger partial charge on any atom is -0.324 e. The van der Waals surface area contributed by atoms with E-state index >= 15 is 0 Å². The first-order valence-electron chi connectivity index (χ1n) is 6.70. The summed E-state index contributed by atoms with van der Waals surface area (Å²) in [5.41, 5.74) is 8.88. The Morgan fingerprint density at radius 2 is 1.65 bits per heavy atom. The van der Waals surface area contributed by atoms with Crippen molar-refractivity contribution in [2.75, 3.05) is 0 Å². The van der Waals surface area contributed by atoms with Gasteiger partial charge in [0.05, 0.1) is 0 Å². The summed E-state index contributed by atoms with van der Waals surface area (Å²) in [6.45, 7) is 1.92. The van der Waals surface area contributed by atoms with E-state index in [0.717, 1.165) is 27.5 Å². The van der Waals surface area contributed by atoms with Gasteiger partial charge in [-0.2, -0.15) is 0 Å². The molecular weight excluding hydrogens is 249 g/mol. The zero-order valence-electron chi connectivity index (χ0n) is 11.3. The minimum absolute atomic E-state index is 0.135. The molecule has 0 radical (unpaired) electrons. The van der Waals surface area contributed by atoms with Gasteiger partial charge in [0.2, 0.25) is 0 Å². The fraction of sp³-hybridized carbons (Fsp3) is 0.111. The fourth-order valence-corrected chi connectivity index (χ4v) is 2.62. The standard InChI is InChI=1S/C18H16FN/c1-12(20)15-10-9-14(19)11-18(15)17-8-4-6-13-5-2-3-7-16(13)17/h2-12H,20H2,1H3. The van der Waals surface area contributed by atoms with Gasteiger partial charge < -0.3 is 5.73 Å². The number of benzene rings is 3. The highest BCUT2D eigenvalue weighted by molar-refractivity contribution is 5.97. The van der Waals surface area contributed by atoms with Crippen LogP contribution in [0.15, 0.2) is 60.7 Å². The van der Waals surface area contributed by atoms with Crippen molar-refractivity contribution in [2.45, 2.75) is 13.0 Å². The molecule has 0 fully saturated rings. The second kappa shape index (κ2) is 5.06. The zero-order valence-corrected chi connectivity index (χ0v) is 11.3. The Kier molecular flexibility index (Phi) is 3.25. The largest absolute Gasteiger partial charge is 0.324 e. The van der Waals surface area contributed by atoms with Crippen LogP contribution in [-0.4, -0.2) is 0 Å². The molecule has 0 aliphatic carbocycles. The molecule has 0 amide bonds. The molecule has 0 aliphatic rings. The van der Waals surface area contributed by atoms with Gasteiger partial charge in [0.1, 0.15) is 5.82 Å². The van der Waals surface area contributed by atoms with Gasteiger partial charge in [0, 0.05) is 6.04 Å². The average molecular weight is 265 g/mol. The molecule has 1 unspecified atom stereocenters. The van der Waals surface area contributed by atoms with Crippen LogP contribution >= 0.6 is 0 Å². The first-order chi connectivity index (χ1) is 9.66. The summed E-state index contributed by atoms with van der Waals surface area (Å²) in [5.74, 6) is -0.239. The first kappa shape index (κ1) is 12.8. The van der Waals surface area contributed by atoms with Crippen molar-refractivity contribution in [1.82, 2.24) is 0 Å². The van der Waals surface area contributed by atoms with Crippen molar-refractivity contribution < 1.29 is 4.39 Å². The van der Waals surface area contributed by atoms with Crippen molar-refractivity contribution in [1.29, 1.82) is 0 Å². The van der Waals surface area contributed by atoms with Gasteiger partial charge in [0.25, 0.3) is 0 Å². The lowest BCUT2D eigenvalue weighted by Crippen LogP contribution is -2.07. The van der Waals surface area contributed by atoms with E-state index in [1.165, 1.54) is 6.07 Å². The lowest BCUT2D eigenvalue weighted by atomic mass is 9.92. The highest BCUT2D eigenvalue weighted by Crippen LogP contribution is 2.33. The van der Waals surface area contributed by atoms with Crippen LogP contribution < -0.4 is 5.73 Å². The molecule has 3 rings (SSSR count). The summed E-state index contributed by atoms with van der Waals surface area (Å²) in [6.07, 6.45) is 0. The molecule has 0 heterocycles. The van der Waals surface area contributed by atoms with Crippen LogP contribution in [0, 0.1) is 5.82 Å². The van der Waals surface area contributed by atoms with Crippen molar-refractivity contribution in [3.05, 3.63) is 72.0 Å². The van der Waals surface area contributed by atoms with E-state index in [9.17, 15) is 4.39 Å². The maximum absolute atomic E-state index is 13.7. The van der Waals surface area contributed by atoms with Crippen LogP contribution in [-0.2, 0) is 0 Å². The normalized spacial score (nSPS) is 12.6. The smallest absolute Gasteiger partial charge is 0.123 e. The third-order valence-corrected chi connectivity index (χ3v) is 3.59. The number of fused-ring (bicyclic) bond motifs is 1. The van der Waals surface area contributed by atoms with Crippen molar-refractivity contribution in [3.8, 4) is 11.1 Å². The van der Waals surface area contributed by atoms with Gasteiger partial charge in [-0.05, 0) is 46.5 Å². The third kappa shape index (κ3) is 2.19. The quantitative estimate of drug-likeness (QED) is 0.716. The molecule has 1 nitrogen and oxygen atoms in total. The van der Waals surface area contributed by atoms with Crippen LogP contribution in [0.3, 0.4) is 0 Å². The van der Waals surface area contributed by atoms with Crippen LogP contribution in [0.4, 0.5) is 4.39 Å². The third-order valence-electron chi connectivity index (χ3n) is 3.59. The van der Waals surface area contributed by atoms with E-state index in [1.807, 2.05) is 31.2 Å². The Labute approximate surface area is 117 Å². The van der Waals surface area contributed by atoms with Crippen LogP contribution in [0.5, 0.6) is 0 Å². The number of halogens is 1. The van der Waals surface area contributed by atoms with E-state index < -0.39 is 0 Å². The fourth-order valence-electron chi connectivity index (χ4n) is 2.62. The molecule has 2 heteroatoms. The molecule has 3 aromatic carbocycles. The van der Waals surface area contributed by atoms with Crippen molar-refractivity contribution >= 4 is 10.8 Å². The molecule has 0 bridgehead atoms. The van der Waals surface area contributed by atoms with E-state index in [2.05, 4.69) is 18.2 Å². The predicted octanol–water partition coefficient (Wildman–Crippen LogP) is 4.67. The summed E-state index contributed by atoms with van der Waals surface area (Å²) in [4.78, 5) is 0. The van der Waals surface area contributed by atoms with E-state index in [-0.39, 0.29) is 11.9 Å². The summed E-state index contributed by atoms with van der Waals surface area (Å²) in [5, 5.41) is 2.26. The molecule has 2 N–H and O–H groups in total. The maximum Gasteiger partial charge on any atom is 0.123 e. The van der Waals surface area contributed by atoms with Gasteiger partial charge in [-0.15, -0.1) is 0 Å². The molecule has 20 heavy (non-hydrogen) atoms. The van der Waals surface area contributed by atoms with E-state index in [4.69, 9.17) is 5.73 Å². The molecule has 0 aliphatic heterocycles. The Balaban J connectivity index is 2.33. The van der Waals surface area contributed by atoms with Crippen molar-refractivity contribution in [3.63, 3.8) is 0 Å².